The molecule has 0 aliphatic heterocycles. The van der Waals surface area contributed by atoms with Crippen LogP contribution in [0.4, 0.5) is 0 Å². The highest BCUT2D eigenvalue weighted by molar-refractivity contribution is 7.15. The summed E-state index contributed by atoms with van der Waals surface area (Å²) in [6.07, 6.45) is 2.87. The van der Waals surface area contributed by atoms with Gasteiger partial charge in [0, 0.05) is 17.8 Å². The number of halogens is 1. The second kappa shape index (κ2) is 9.03. The molecule has 0 saturated heterocycles. The Labute approximate surface area is 162 Å². The van der Waals surface area contributed by atoms with Gasteiger partial charge < -0.3 is 14.8 Å². The van der Waals surface area contributed by atoms with Crippen LogP contribution >= 0.6 is 22.9 Å². The summed E-state index contributed by atoms with van der Waals surface area (Å²) < 4.78 is 10.7. The van der Waals surface area contributed by atoms with Gasteiger partial charge in [-0.1, -0.05) is 23.7 Å². The van der Waals surface area contributed by atoms with Gasteiger partial charge in [-0.3, -0.25) is 0 Å². The maximum atomic E-state index is 5.90. The van der Waals surface area contributed by atoms with Crippen LogP contribution in [0.5, 0.6) is 11.5 Å². The molecule has 0 bridgehead atoms. The number of methoxy groups -OCH3 is 2. The standard InChI is InChI=1S/C20H21ClN2O2S/c1-24-17-8-5-15(11-18(17)25-2)19-12-23-20(26-19)13-22-10-9-14-3-6-16(21)7-4-14/h3-8,11-12,22H,9-10,13H2,1-2H3. The minimum absolute atomic E-state index is 0.723. The third-order valence-corrected chi connectivity index (χ3v) is 5.30. The topological polar surface area (TPSA) is 43.4 Å². The average Bonchev–Trinajstić information content (AvgIpc) is 3.15. The van der Waals surface area contributed by atoms with Gasteiger partial charge in [0.1, 0.15) is 5.01 Å². The molecule has 1 heterocycles. The van der Waals surface area contributed by atoms with Gasteiger partial charge >= 0.3 is 0 Å². The van der Waals surface area contributed by atoms with Crippen LogP contribution in [-0.2, 0) is 13.0 Å². The number of hydrogen-bond acceptors (Lipinski definition) is 5. The Bertz CT molecular complexity index is 849. The quantitative estimate of drug-likeness (QED) is 0.562. The first kappa shape index (κ1) is 18.7. The molecular weight excluding hydrogens is 368 g/mol. The van der Waals surface area contributed by atoms with E-state index in [2.05, 4.69) is 22.4 Å². The zero-order valence-corrected chi connectivity index (χ0v) is 16.4. The monoisotopic (exact) mass is 388 g/mol. The highest BCUT2D eigenvalue weighted by Gasteiger charge is 2.09. The predicted octanol–water partition coefficient (Wildman–Crippen LogP) is 4.81. The largest absolute Gasteiger partial charge is 0.493 e. The molecule has 2 aromatic carbocycles. The molecule has 0 atom stereocenters. The molecule has 0 amide bonds. The Morgan fingerprint density at radius 1 is 1.04 bits per heavy atom. The number of nitrogens with one attached hydrogen (secondary N) is 1. The fraction of sp³-hybridized carbons (Fsp3) is 0.250. The molecule has 0 unspecified atom stereocenters. The molecule has 3 rings (SSSR count). The summed E-state index contributed by atoms with van der Waals surface area (Å²) in [5.41, 5.74) is 2.35. The lowest BCUT2D eigenvalue weighted by Crippen LogP contribution is -2.16. The SMILES string of the molecule is COc1ccc(-c2cnc(CNCCc3ccc(Cl)cc3)s2)cc1OC. The van der Waals surface area contributed by atoms with Crippen molar-refractivity contribution in [3.8, 4) is 21.9 Å². The number of benzene rings is 2. The maximum Gasteiger partial charge on any atom is 0.161 e. The summed E-state index contributed by atoms with van der Waals surface area (Å²) in [6.45, 7) is 1.65. The van der Waals surface area contributed by atoms with Crippen LogP contribution in [0.3, 0.4) is 0 Å². The van der Waals surface area contributed by atoms with E-state index in [0.717, 1.165) is 51.5 Å². The van der Waals surface area contributed by atoms with Crippen LogP contribution in [0.25, 0.3) is 10.4 Å². The van der Waals surface area contributed by atoms with Crippen molar-refractivity contribution < 1.29 is 9.47 Å². The molecule has 26 heavy (non-hydrogen) atoms. The van der Waals surface area contributed by atoms with Gasteiger partial charge in [-0.25, -0.2) is 4.98 Å². The van der Waals surface area contributed by atoms with Gasteiger partial charge in [-0.05, 0) is 54.4 Å². The first-order chi connectivity index (χ1) is 12.7. The molecule has 4 nitrogen and oxygen atoms in total. The fourth-order valence-corrected chi connectivity index (χ4v) is 3.60. The molecule has 1 aromatic heterocycles. The molecule has 3 aromatic rings. The van der Waals surface area contributed by atoms with E-state index in [4.69, 9.17) is 21.1 Å². The molecule has 0 saturated carbocycles. The third-order valence-electron chi connectivity index (χ3n) is 4.00. The molecule has 6 heteroatoms. The van der Waals surface area contributed by atoms with E-state index in [9.17, 15) is 0 Å². The van der Waals surface area contributed by atoms with Crippen molar-refractivity contribution in [2.45, 2.75) is 13.0 Å². The van der Waals surface area contributed by atoms with Crippen LogP contribution < -0.4 is 14.8 Å². The first-order valence-corrected chi connectivity index (χ1v) is 9.51. The molecule has 0 fully saturated rings. The summed E-state index contributed by atoms with van der Waals surface area (Å²) in [5, 5.41) is 5.27. The summed E-state index contributed by atoms with van der Waals surface area (Å²) >= 11 is 7.58. The Hall–Kier alpha value is -2.08. The van der Waals surface area contributed by atoms with Crippen molar-refractivity contribution in [1.82, 2.24) is 10.3 Å². The van der Waals surface area contributed by atoms with Crippen LogP contribution in [0.1, 0.15) is 10.6 Å². The van der Waals surface area contributed by atoms with Crippen LogP contribution in [0, 0.1) is 0 Å². The van der Waals surface area contributed by atoms with Gasteiger partial charge in [-0.15, -0.1) is 11.3 Å². The highest BCUT2D eigenvalue weighted by atomic mass is 35.5. The van der Waals surface area contributed by atoms with Crippen LogP contribution in [0.15, 0.2) is 48.7 Å². The lowest BCUT2D eigenvalue weighted by Gasteiger charge is -2.08. The Balaban J connectivity index is 1.55. The number of hydrogen-bond donors (Lipinski definition) is 1. The van der Waals surface area contributed by atoms with E-state index in [1.807, 2.05) is 36.5 Å². The van der Waals surface area contributed by atoms with Gasteiger partial charge in [0.2, 0.25) is 0 Å². The lowest BCUT2D eigenvalue weighted by molar-refractivity contribution is 0.355. The number of aromatic nitrogens is 1. The number of ether oxygens (including phenoxy) is 2. The van der Waals surface area contributed by atoms with Crippen molar-refractivity contribution in [2.75, 3.05) is 20.8 Å². The third kappa shape index (κ3) is 4.75. The van der Waals surface area contributed by atoms with E-state index in [1.165, 1.54) is 5.56 Å². The minimum atomic E-state index is 0.723. The highest BCUT2D eigenvalue weighted by Crippen LogP contribution is 2.34. The number of rotatable bonds is 8. The van der Waals surface area contributed by atoms with Gasteiger partial charge in [-0.2, -0.15) is 0 Å². The molecule has 0 aliphatic rings. The molecule has 136 valence electrons. The Morgan fingerprint density at radius 2 is 1.81 bits per heavy atom. The summed E-state index contributed by atoms with van der Waals surface area (Å²) in [6, 6.07) is 13.9. The molecular formula is C20H21ClN2O2S. The number of nitrogens with zero attached hydrogens (tertiary/aromatic N) is 1. The lowest BCUT2D eigenvalue weighted by atomic mass is 10.1. The van der Waals surface area contributed by atoms with Crippen molar-refractivity contribution in [2.24, 2.45) is 0 Å². The molecule has 1 N–H and O–H groups in total. The number of thiazole rings is 1. The van der Waals surface area contributed by atoms with Crippen molar-refractivity contribution in [3.05, 3.63) is 64.3 Å². The van der Waals surface area contributed by atoms with Crippen LogP contribution in [0.2, 0.25) is 5.02 Å². The Morgan fingerprint density at radius 3 is 2.54 bits per heavy atom. The smallest absolute Gasteiger partial charge is 0.161 e. The van der Waals surface area contributed by atoms with E-state index in [1.54, 1.807) is 25.6 Å². The average molecular weight is 389 g/mol. The molecule has 0 radical (unpaired) electrons. The fourth-order valence-electron chi connectivity index (χ4n) is 2.59. The van der Waals surface area contributed by atoms with Crippen molar-refractivity contribution >= 4 is 22.9 Å². The van der Waals surface area contributed by atoms with Gasteiger partial charge in [0.05, 0.1) is 19.1 Å². The maximum absolute atomic E-state index is 5.90. The minimum Gasteiger partial charge on any atom is -0.493 e. The summed E-state index contributed by atoms with van der Waals surface area (Å²) in [4.78, 5) is 5.62. The van der Waals surface area contributed by atoms with Crippen LogP contribution in [-0.4, -0.2) is 25.7 Å². The van der Waals surface area contributed by atoms with E-state index >= 15 is 0 Å². The zero-order valence-electron chi connectivity index (χ0n) is 14.8. The Kier molecular flexibility index (Phi) is 6.50. The molecule has 0 aliphatic carbocycles. The second-order valence-corrected chi connectivity index (χ2v) is 7.29. The zero-order chi connectivity index (χ0) is 18.4. The molecule has 0 spiro atoms. The van der Waals surface area contributed by atoms with Crippen molar-refractivity contribution in [1.29, 1.82) is 0 Å². The summed E-state index contributed by atoms with van der Waals surface area (Å²) in [5.74, 6) is 1.45. The predicted molar refractivity (Wildman–Crippen MR) is 108 cm³/mol. The normalized spacial score (nSPS) is 10.7. The van der Waals surface area contributed by atoms with Gasteiger partial charge in [0.15, 0.2) is 11.5 Å². The van der Waals surface area contributed by atoms with Gasteiger partial charge in [0.25, 0.3) is 0 Å². The van der Waals surface area contributed by atoms with Crippen molar-refractivity contribution in [3.63, 3.8) is 0 Å². The first-order valence-electron chi connectivity index (χ1n) is 8.32. The summed E-state index contributed by atoms with van der Waals surface area (Å²) in [7, 11) is 3.28. The second-order valence-electron chi connectivity index (χ2n) is 5.74. The van der Waals surface area contributed by atoms with E-state index < -0.39 is 0 Å². The van der Waals surface area contributed by atoms with E-state index in [0.29, 0.717) is 0 Å². The van der Waals surface area contributed by atoms with E-state index in [-0.39, 0.29) is 0 Å².